The van der Waals surface area contributed by atoms with Gasteiger partial charge in [-0.05, 0) is 26.3 Å². The van der Waals surface area contributed by atoms with Crippen molar-refractivity contribution in [2.45, 2.75) is 52.1 Å². The number of piperidine rings is 1. The van der Waals surface area contributed by atoms with E-state index in [0.29, 0.717) is 24.9 Å². The molecular weight excluding hydrogens is 246 g/mol. The molecule has 1 aromatic heterocycles. The smallest absolute Gasteiger partial charge is 0.323 e. The number of carbonyl (C=O) groups excluding carboxylic acids is 1. The van der Waals surface area contributed by atoms with Gasteiger partial charge in [-0.2, -0.15) is 4.98 Å². The maximum Gasteiger partial charge on any atom is 0.323 e. The normalized spacial score (nSPS) is 20.4. The lowest BCUT2D eigenvalue weighted by atomic mass is 10.0. The van der Waals surface area contributed by atoms with E-state index >= 15 is 0 Å². The lowest BCUT2D eigenvalue weighted by molar-refractivity contribution is -0.151. The van der Waals surface area contributed by atoms with Gasteiger partial charge in [-0.25, -0.2) is 0 Å². The maximum atomic E-state index is 11.9. The van der Waals surface area contributed by atoms with Crippen LogP contribution >= 0.6 is 0 Å². The van der Waals surface area contributed by atoms with Crippen LogP contribution in [0, 0.1) is 0 Å². The van der Waals surface area contributed by atoms with Crippen LogP contribution in [-0.2, 0) is 22.5 Å². The molecule has 6 heteroatoms. The van der Waals surface area contributed by atoms with Crippen LogP contribution < -0.4 is 0 Å². The molecule has 0 unspecified atom stereocenters. The van der Waals surface area contributed by atoms with Gasteiger partial charge in [0, 0.05) is 6.42 Å². The van der Waals surface area contributed by atoms with Gasteiger partial charge in [-0.3, -0.25) is 9.69 Å². The van der Waals surface area contributed by atoms with Crippen molar-refractivity contribution >= 4 is 5.97 Å². The predicted molar refractivity (Wildman–Crippen MR) is 68.4 cm³/mol. The largest absolute Gasteiger partial charge is 0.465 e. The van der Waals surface area contributed by atoms with E-state index in [-0.39, 0.29) is 12.0 Å². The van der Waals surface area contributed by atoms with Crippen molar-refractivity contribution in [2.75, 3.05) is 13.2 Å². The van der Waals surface area contributed by atoms with E-state index in [4.69, 9.17) is 9.26 Å². The number of hydrogen-bond acceptors (Lipinski definition) is 6. The second-order valence-electron chi connectivity index (χ2n) is 4.69. The number of aryl methyl sites for hydroxylation is 1. The van der Waals surface area contributed by atoms with Crippen molar-refractivity contribution in [2.24, 2.45) is 0 Å². The fourth-order valence-electron chi connectivity index (χ4n) is 2.37. The summed E-state index contributed by atoms with van der Waals surface area (Å²) in [6.45, 7) is 5.65. The monoisotopic (exact) mass is 267 g/mol. The standard InChI is InChI=1S/C13H21N3O3/c1-3-12-14-11(15-19-12)9-16-8-6-5-7-10(16)13(17)18-4-2/h10H,3-9H2,1-2H3/t10-/m0/s1. The summed E-state index contributed by atoms with van der Waals surface area (Å²) in [5, 5.41) is 3.94. The Balaban J connectivity index is 2.00. The van der Waals surface area contributed by atoms with Crippen LogP contribution in [0.3, 0.4) is 0 Å². The molecule has 0 aliphatic carbocycles. The zero-order valence-electron chi connectivity index (χ0n) is 11.6. The quantitative estimate of drug-likeness (QED) is 0.754. The Morgan fingerprint density at radius 2 is 2.32 bits per heavy atom. The number of ether oxygens (including phenoxy) is 1. The maximum absolute atomic E-state index is 11.9. The molecule has 106 valence electrons. The number of nitrogens with zero attached hydrogens (tertiary/aromatic N) is 3. The molecule has 1 aliphatic rings. The SMILES string of the molecule is CCOC(=O)[C@@H]1CCCCN1Cc1noc(CC)n1. The van der Waals surface area contributed by atoms with E-state index in [2.05, 4.69) is 15.0 Å². The van der Waals surface area contributed by atoms with Crippen LogP contribution in [0.5, 0.6) is 0 Å². The molecule has 1 aromatic rings. The summed E-state index contributed by atoms with van der Waals surface area (Å²) in [5.41, 5.74) is 0. The third-order valence-electron chi connectivity index (χ3n) is 3.33. The average Bonchev–Trinajstić information content (AvgIpc) is 2.87. The molecule has 1 aliphatic heterocycles. The van der Waals surface area contributed by atoms with E-state index in [0.717, 1.165) is 32.2 Å². The predicted octanol–water partition coefficient (Wildman–Crippen LogP) is 1.55. The molecule has 1 atom stereocenters. The minimum absolute atomic E-state index is 0.138. The van der Waals surface area contributed by atoms with E-state index in [9.17, 15) is 4.79 Å². The number of rotatable bonds is 5. The zero-order valence-corrected chi connectivity index (χ0v) is 11.6. The molecule has 0 radical (unpaired) electrons. The van der Waals surface area contributed by atoms with Gasteiger partial charge in [0.2, 0.25) is 5.89 Å². The van der Waals surface area contributed by atoms with Crippen molar-refractivity contribution in [1.82, 2.24) is 15.0 Å². The van der Waals surface area contributed by atoms with E-state index < -0.39 is 0 Å². The van der Waals surface area contributed by atoms with Crippen molar-refractivity contribution in [3.05, 3.63) is 11.7 Å². The molecule has 0 amide bonds. The lowest BCUT2D eigenvalue weighted by Crippen LogP contribution is -2.45. The summed E-state index contributed by atoms with van der Waals surface area (Å²) in [7, 11) is 0. The number of hydrogen-bond donors (Lipinski definition) is 0. The van der Waals surface area contributed by atoms with Crippen LogP contribution in [0.4, 0.5) is 0 Å². The van der Waals surface area contributed by atoms with Gasteiger partial charge in [0.05, 0.1) is 13.2 Å². The third kappa shape index (κ3) is 3.53. The highest BCUT2D eigenvalue weighted by atomic mass is 16.5. The number of carbonyl (C=O) groups is 1. The minimum Gasteiger partial charge on any atom is -0.465 e. The molecule has 1 saturated heterocycles. The first-order chi connectivity index (χ1) is 9.24. The second-order valence-corrected chi connectivity index (χ2v) is 4.69. The summed E-state index contributed by atoms with van der Waals surface area (Å²) in [6.07, 6.45) is 3.73. The highest BCUT2D eigenvalue weighted by Gasteiger charge is 2.30. The van der Waals surface area contributed by atoms with Gasteiger partial charge < -0.3 is 9.26 Å². The van der Waals surface area contributed by atoms with Gasteiger partial charge >= 0.3 is 5.97 Å². The Morgan fingerprint density at radius 1 is 1.47 bits per heavy atom. The summed E-state index contributed by atoms with van der Waals surface area (Å²) in [6, 6.07) is -0.169. The number of aromatic nitrogens is 2. The minimum atomic E-state index is -0.169. The fourth-order valence-corrected chi connectivity index (χ4v) is 2.37. The number of esters is 1. The second kappa shape index (κ2) is 6.65. The highest BCUT2D eigenvalue weighted by Crippen LogP contribution is 2.20. The van der Waals surface area contributed by atoms with Crippen molar-refractivity contribution < 1.29 is 14.1 Å². The third-order valence-corrected chi connectivity index (χ3v) is 3.33. The molecular formula is C13H21N3O3. The van der Waals surface area contributed by atoms with Crippen LogP contribution in [-0.4, -0.2) is 40.2 Å². The van der Waals surface area contributed by atoms with Crippen LogP contribution in [0.15, 0.2) is 4.52 Å². The van der Waals surface area contributed by atoms with E-state index in [1.165, 1.54) is 0 Å². The van der Waals surface area contributed by atoms with Crippen molar-refractivity contribution in [3.8, 4) is 0 Å². The molecule has 1 fully saturated rings. The molecule has 6 nitrogen and oxygen atoms in total. The first kappa shape index (κ1) is 14.0. The van der Waals surface area contributed by atoms with Crippen LogP contribution in [0.1, 0.15) is 44.8 Å². The molecule has 0 saturated carbocycles. The van der Waals surface area contributed by atoms with Crippen LogP contribution in [0.2, 0.25) is 0 Å². The Labute approximate surface area is 113 Å². The average molecular weight is 267 g/mol. The topological polar surface area (TPSA) is 68.5 Å². The molecule has 2 heterocycles. The molecule has 0 spiro atoms. The van der Waals surface area contributed by atoms with E-state index in [1.807, 2.05) is 13.8 Å². The van der Waals surface area contributed by atoms with E-state index in [1.54, 1.807) is 0 Å². The van der Waals surface area contributed by atoms with Gasteiger partial charge in [-0.1, -0.05) is 18.5 Å². The first-order valence-electron chi connectivity index (χ1n) is 6.96. The summed E-state index contributed by atoms with van der Waals surface area (Å²) in [4.78, 5) is 18.3. The van der Waals surface area contributed by atoms with Crippen molar-refractivity contribution in [3.63, 3.8) is 0 Å². The van der Waals surface area contributed by atoms with Crippen LogP contribution in [0.25, 0.3) is 0 Å². The number of likely N-dealkylation sites (tertiary alicyclic amines) is 1. The summed E-state index contributed by atoms with van der Waals surface area (Å²) >= 11 is 0. The Bertz CT molecular complexity index is 419. The fraction of sp³-hybridized carbons (Fsp3) is 0.769. The molecule has 19 heavy (non-hydrogen) atoms. The Hall–Kier alpha value is -1.43. The van der Waals surface area contributed by atoms with Gasteiger partial charge in [0.1, 0.15) is 6.04 Å². The van der Waals surface area contributed by atoms with Crippen molar-refractivity contribution in [1.29, 1.82) is 0 Å². The van der Waals surface area contributed by atoms with Gasteiger partial charge in [0.15, 0.2) is 5.82 Å². The first-order valence-corrected chi connectivity index (χ1v) is 6.96. The highest BCUT2D eigenvalue weighted by molar-refractivity contribution is 5.75. The molecule has 0 bridgehead atoms. The summed E-state index contributed by atoms with van der Waals surface area (Å²) in [5.74, 6) is 1.15. The lowest BCUT2D eigenvalue weighted by Gasteiger charge is -2.32. The van der Waals surface area contributed by atoms with Gasteiger partial charge in [-0.15, -0.1) is 0 Å². The zero-order chi connectivity index (χ0) is 13.7. The summed E-state index contributed by atoms with van der Waals surface area (Å²) < 4.78 is 10.2. The van der Waals surface area contributed by atoms with Gasteiger partial charge in [0.25, 0.3) is 0 Å². The Morgan fingerprint density at radius 3 is 3.00 bits per heavy atom. The Kier molecular flexibility index (Phi) is 4.90. The molecule has 2 rings (SSSR count). The molecule has 0 N–H and O–H groups in total. The molecule has 0 aromatic carbocycles.